The van der Waals surface area contributed by atoms with Crippen LogP contribution in [0.3, 0.4) is 0 Å². The molecule has 0 bridgehead atoms. The lowest BCUT2D eigenvalue weighted by atomic mass is 10.2. The zero-order chi connectivity index (χ0) is 8.91. The molecule has 0 heterocycles. The Morgan fingerprint density at radius 2 is 2.00 bits per heavy atom. The van der Waals surface area contributed by atoms with Gasteiger partial charge in [-0.15, -0.1) is 0 Å². The molecular weight excluding hydrogens is 167 g/mol. The molecule has 0 rings (SSSR count). The fraction of sp³-hybridized carbons (Fsp3) is 0.833. The molecule has 0 atom stereocenters. The Morgan fingerprint density at radius 3 is 2.36 bits per heavy atom. The fourth-order valence-corrected chi connectivity index (χ4v) is 1.26. The van der Waals surface area contributed by atoms with Crippen LogP contribution in [0, 0.1) is 0 Å². The van der Waals surface area contributed by atoms with E-state index in [0.29, 0.717) is 6.42 Å². The van der Waals surface area contributed by atoms with Gasteiger partial charge in [0.15, 0.2) is 0 Å². The van der Waals surface area contributed by atoms with E-state index >= 15 is 0 Å². The lowest BCUT2D eigenvalue weighted by Gasteiger charge is -2.28. The Bertz CT molecular complexity index is 171. The van der Waals surface area contributed by atoms with Crippen molar-refractivity contribution >= 4 is 13.4 Å². The highest BCUT2D eigenvalue weighted by atomic mass is 31.2. The SMILES string of the molecule is CCCCC(=O)CP(=O)([O-])[O-]. The van der Waals surface area contributed by atoms with Gasteiger partial charge in [0.2, 0.25) is 0 Å². The minimum absolute atomic E-state index is 0.199. The van der Waals surface area contributed by atoms with Gasteiger partial charge in [0, 0.05) is 12.6 Å². The first-order valence-corrected chi connectivity index (χ1v) is 5.21. The highest BCUT2D eigenvalue weighted by Crippen LogP contribution is 2.22. The minimum atomic E-state index is -4.61. The maximum Gasteiger partial charge on any atom is 0.137 e. The second-order valence-electron chi connectivity index (χ2n) is 2.41. The summed E-state index contributed by atoms with van der Waals surface area (Å²) in [5, 5.41) is 0. The van der Waals surface area contributed by atoms with E-state index in [1.165, 1.54) is 0 Å². The fourth-order valence-electron chi connectivity index (χ4n) is 0.669. The van der Waals surface area contributed by atoms with Crippen molar-refractivity contribution in [3.63, 3.8) is 0 Å². The molecule has 0 unspecified atom stereocenters. The molecule has 0 N–H and O–H groups in total. The number of hydrogen-bond acceptors (Lipinski definition) is 4. The zero-order valence-electron chi connectivity index (χ0n) is 6.41. The van der Waals surface area contributed by atoms with Crippen molar-refractivity contribution in [1.29, 1.82) is 0 Å². The molecule has 66 valence electrons. The van der Waals surface area contributed by atoms with Gasteiger partial charge in [-0.2, -0.15) is 0 Å². The maximum absolute atomic E-state index is 10.6. The van der Waals surface area contributed by atoms with E-state index in [0.717, 1.165) is 6.42 Å². The molecular formula is C6H11O4P-2. The molecule has 0 radical (unpaired) electrons. The van der Waals surface area contributed by atoms with E-state index in [-0.39, 0.29) is 6.42 Å². The second kappa shape index (κ2) is 4.65. The lowest BCUT2D eigenvalue weighted by molar-refractivity contribution is -0.312. The first-order valence-electron chi connectivity index (χ1n) is 3.48. The van der Waals surface area contributed by atoms with E-state index in [1.807, 2.05) is 6.92 Å². The standard InChI is InChI=1S/C6H13O4P/c1-2-3-4-6(7)5-11(8,9)10/h2-5H2,1H3,(H2,8,9,10)/p-2. The Morgan fingerprint density at radius 1 is 1.45 bits per heavy atom. The van der Waals surface area contributed by atoms with Crippen molar-refractivity contribution in [3.05, 3.63) is 0 Å². The van der Waals surface area contributed by atoms with E-state index in [1.54, 1.807) is 0 Å². The van der Waals surface area contributed by atoms with Gasteiger partial charge in [-0.1, -0.05) is 20.9 Å². The van der Waals surface area contributed by atoms with Gasteiger partial charge in [0.1, 0.15) is 5.78 Å². The molecule has 0 spiro atoms. The number of hydrogen-bond donors (Lipinski definition) is 0. The molecule has 0 fully saturated rings. The Hall–Kier alpha value is -0.180. The van der Waals surface area contributed by atoms with Crippen LogP contribution in [0.25, 0.3) is 0 Å². The number of rotatable bonds is 5. The zero-order valence-corrected chi connectivity index (χ0v) is 7.30. The van der Waals surface area contributed by atoms with Crippen molar-refractivity contribution < 1.29 is 19.1 Å². The summed E-state index contributed by atoms with van der Waals surface area (Å²) < 4.78 is 10.1. The van der Waals surface area contributed by atoms with Crippen molar-refractivity contribution in [2.24, 2.45) is 0 Å². The van der Waals surface area contributed by atoms with Gasteiger partial charge in [0.05, 0.1) is 0 Å². The summed E-state index contributed by atoms with van der Waals surface area (Å²) in [6, 6.07) is 0. The lowest BCUT2D eigenvalue weighted by Crippen LogP contribution is -2.21. The summed E-state index contributed by atoms with van der Waals surface area (Å²) in [6.07, 6.45) is 0.852. The van der Waals surface area contributed by atoms with Gasteiger partial charge >= 0.3 is 0 Å². The number of Topliss-reactive ketones (excluding diaryl/α,β-unsaturated/α-hetero) is 1. The van der Waals surface area contributed by atoms with E-state index in [9.17, 15) is 19.1 Å². The maximum atomic E-state index is 10.6. The molecule has 0 aromatic carbocycles. The average Bonchev–Trinajstić information content (AvgIpc) is 1.79. The summed E-state index contributed by atoms with van der Waals surface area (Å²) in [6.45, 7) is 1.89. The van der Waals surface area contributed by atoms with Crippen molar-refractivity contribution in [1.82, 2.24) is 0 Å². The number of ketones is 1. The normalized spacial score (nSPS) is 11.5. The summed E-state index contributed by atoms with van der Waals surface area (Å²) in [7, 11) is -4.61. The van der Waals surface area contributed by atoms with Gasteiger partial charge in [-0.25, -0.2) is 0 Å². The molecule has 0 saturated carbocycles. The average molecular weight is 178 g/mol. The van der Waals surface area contributed by atoms with Crippen molar-refractivity contribution in [2.75, 3.05) is 6.16 Å². The Kier molecular flexibility index (Phi) is 4.57. The molecule has 0 aromatic rings. The Balaban J connectivity index is 3.62. The van der Waals surface area contributed by atoms with Crippen molar-refractivity contribution in [2.45, 2.75) is 26.2 Å². The van der Waals surface area contributed by atoms with Gasteiger partial charge in [-0.05, 0) is 6.42 Å². The summed E-state index contributed by atoms with van der Waals surface area (Å²) in [5.41, 5.74) is 0. The first kappa shape index (κ1) is 10.8. The van der Waals surface area contributed by atoms with Gasteiger partial charge in [-0.3, -0.25) is 4.79 Å². The monoisotopic (exact) mass is 178 g/mol. The summed E-state index contributed by atoms with van der Waals surface area (Å²) in [5.74, 6) is -0.472. The topological polar surface area (TPSA) is 80.3 Å². The van der Waals surface area contributed by atoms with E-state index < -0.39 is 19.5 Å². The molecule has 0 amide bonds. The summed E-state index contributed by atoms with van der Waals surface area (Å²) >= 11 is 0. The number of unbranched alkanes of at least 4 members (excludes halogenated alkanes) is 1. The van der Waals surface area contributed by atoms with Crippen LogP contribution in [0.5, 0.6) is 0 Å². The van der Waals surface area contributed by atoms with Crippen LogP contribution in [0.1, 0.15) is 26.2 Å². The van der Waals surface area contributed by atoms with Crippen LogP contribution in [-0.4, -0.2) is 11.9 Å². The van der Waals surface area contributed by atoms with Crippen LogP contribution in [0.4, 0.5) is 0 Å². The van der Waals surface area contributed by atoms with Gasteiger partial charge < -0.3 is 14.4 Å². The van der Waals surface area contributed by atoms with Crippen LogP contribution < -0.4 is 9.79 Å². The third-order valence-electron chi connectivity index (χ3n) is 1.18. The van der Waals surface area contributed by atoms with Crippen LogP contribution in [-0.2, 0) is 9.36 Å². The molecule has 0 aliphatic rings. The second-order valence-corrected chi connectivity index (χ2v) is 3.95. The highest BCUT2D eigenvalue weighted by Gasteiger charge is 2.02. The molecule has 11 heavy (non-hydrogen) atoms. The molecule has 4 nitrogen and oxygen atoms in total. The predicted molar refractivity (Wildman–Crippen MR) is 37.0 cm³/mol. The first-order chi connectivity index (χ1) is 4.95. The van der Waals surface area contributed by atoms with Gasteiger partial charge in [0.25, 0.3) is 0 Å². The quantitative estimate of drug-likeness (QED) is 0.539. The Labute approximate surface area is 65.8 Å². The third-order valence-corrected chi connectivity index (χ3v) is 1.92. The smallest absolute Gasteiger partial charge is 0.137 e. The highest BCUT2D eigenvalue weighted by molar-refractivity contribution is 7.49. The van der Waals surface area contributed by atoms with Crippen LogP contribution >= 0.6 is 7.60 Å². The van der Waals surface area contributed by atoms with E-state index in [2.05, 4.69) is 0 Å². The van der Waals surface area contributed by atoms with Crippen LogP contribution in [0.2, 0.25) is 0 Å². The molecule has 0 aliphatic carbocycles. The molecule has 5 heteroatoms. The van der Waals surface area contributed by atoms with Crippen LogP contribution in [0.15, 0.2) is 0 Å². The third kappa shape index (κ3) is 7.72. The number of carbonyl (C=O) groups is 1. The minimum Gasteiger partial charge on any atom is -0.810 e. The van der Waals surface area contributed by atoms with Crippen molar-refractivity contribution in [3.8, 4) is 0 Å². The predicted octanol–water partition coefficient (Wildman–Crippen LogP) is -0.341. The molecule has 0 aliphatic heterocycles. The summed E-state index contributed by atoms with van der Waals surface area (Å²) in [4.78, 5) is 30.8. The molecule has 0 aromatic heterocycles. The van der Waals surface area contributed by atoms with E-state index in [4.69, 9.17) is 0 Å². The number of carbonyl (C=O) groups excluding carboxylic acids is 1. The largest absolute Gasteiger partial charge is 0.810 e. The molecule has 0 saturated heterocycles.